The van der Waals surface area contributed by atoms with Crippen molar-refractivity contribution < 1.29 is 9.53 Å². The van der Waals surface area contributed by atoms with Gasteiger partial charge in [0.05, 0.1) is 29.0 Å². The average molecular weight is 423 g/mol. The van der Waals surface area contributed by atoms with Crippen LogP contribution in [0, 0.1) is 11.3 Å². The summed E-state index contributed by atoms with van der Waals surface area (Å²) in [5.74, 6) is 0.192. The van der Waals surface area contributed by atoms with Gasteiger partial charge in [-0.3, -0.25) is 9.59 Å². The molecule has 0 saturated carbocycles. The first-order valence-corrected chi connectivity index (χ1v) is 10.3. The molecule has 6 nitrogen and oxygen atoms in total. The van der Waals surface area contributed by atoms with Gasteiger partial charge >= 0.3 is 5.97 Å². The Morgan fingerprint density at radius 2 is 1.75 bits per heavy atom. The maximum Gasteiger partial charge on any atom is 0.306 e. The molecule has 0 atom stereocenters. The zero-order valence-electron chi connectivity index (χ0n) is 17.6. The molecule has 1 aromatic heterocycles. The number of hydrogen-bond acceptors (Lipinski definition) is 5. The van der Waals surface area contributed by atoms with Crippen LogP contribution in [-0.4, -0.2) is 15.5 Å². The lowest BCUT2D eigenvalue weighted by Crippen LogP contribution is -2.18. The van der Waals surface area contributed by atoms with E-state index in [-0.39, 0.29) is 24.6 Å². The molecule has 0 bridgehead atoms. The highest BCUT2D eigenvalue weighted by atomic mass is 16.5. The van der Waals surface area contributed by atoms with Gasteiger partial charge in [0.25, 0.3) is 5.56 Å². The highest BCUT2D eigenvalue weighted by Gasteiger charge is 2.11. The Hall–Kier alpha value is -4.24. The third-order valence-electron chi connectivity index (χ3n) is 5.38. The van der Waals surface area contributed by atoms with Gasteiger partial charge in [-0.1, -0.05) is 54.6 Å². The van der Waals surface area contributed by atoms with E-state index in [0.717, 1.165) is 22.2 Å². The molecule has 0 spiro atoms. The second kappa shape index (κ2) is 9.27. The molecule has 0 saturated heterocycles. The Bertz CT molecular complexity index is 1380. The summed E-state index contributed by atoms with van der Waals surface area (Å²) in [7, 11) is 1.83. The first-order valence-electron chi connectivity index (χ1n) is 10.3. The molecule has 0 radical (unpaired) electrons. The van der Waals surface area contributed by atoms with Crippen molar-refractivity contribution in [1.29, 1.82) is 5.26 Å². The number of aromatic nitrogens is 2. The number of carbonyl (C=O) groups excluding carboxylic acids is 1. The van der Waals surface area contributed by atoms with Crippen LogP contribution in [0.25, 0.3) is 22.0 Å². The van der Waals surface area contributed by atoms with Crippen LogP contribution in [0.15, 0.2) is 77.6 Å². The molecule has 0 aliphatic rings. The molecule has 0 fully saturated rings. The van der Waals surface area contributed by atoms with Crippen LogP contribution in [-0.2, 0) is 29.6 Å². The summed E-state index contributed by atoms with van der Waals surface area (Å²) in [6.45, 7) is 0.156. The number of fused-ring (bicyclic) bond motifs is 1. The highest BCUT2D eigenvalue weighted by molar-refractivity contribution is 5.78. The van der Waals surface area contributed by atoms with Gasteiger partial charge in [0, 0.05) is 13.5 Å². The molecule has 158 valence electrons. The van der Waals surface area contributed by atoms with Crippen LogP contribution < -0.4 is 5.56 Å². The fourth-order valence-electron chi connectivity index (χ4n) is 3.62. The number of para-hydroxylation sites is 1. The van der Waals surface area contributed by atoms with E-state index in [1.807, 2.05) is 66.2 Å². The lowest BCUT2D eigenvalue weighted by molar-refractivity contribution is -0.144. The van der Waals surface area contributed by atoms with Crippen molar-refractivity contribution in [2.75, 3.05) is 0 Å². The van der Waals surface area contributed by atoms with Crippen molar-refractivity contribution in [3.8, 4) is 17.2 Å². The van der Waals surface area contributed by atoms with Gasteiger partial charge in [-0.2, -0.15) is 10.2 Å². The lowest BCUT2D eigenvalue weighted by Gasteiger charge is -2.11. The molecule has 4 aromatic rings. The van der Waals surface area contributed by atoms with Crippen LogP contribution in [0.5, 0.6) is 0 Å². The molecule has 1 heterocycles. The van der Waals surface area contributed by atoms with Gasteiger partial charge in [0.2, 0.25) is 0 Å². The fourth-order valence-corrected chi connectivity index (χ4v) is 3.62. The topological polar surface area (TPSA) is 85.0 Å². The van der Waals surface area contributed by atoms with Crippen molar-refractivity contribution in [3.63, 3.8) is 0 Å². The maximum absolute atomic E-state index is 12.2. The van der Waals surface area contributed by atoms with Crippen molar-refractivity contribution >= 4 is 16.9 Å². The number of ether oxygens (including phenoxy) is 1. The monoisotopic (exact) mass is 423 g/mol. The third-order valence-corrected chi connectivity index (χ3v) is 5.38. The van der Waals surface area contributed by atoms with Crippen molar-refractivity contribution in [3.05, 3.63) is 100 Å². The zero-order chi connectivity index (χ0) is 22.5. The van der Waals surface area contributed by atoms with Gasteiger partial charge in [-0.25, -0.2) is 0 Å². The van der Waals surface area contributed by atoms with Gasteiger partial charge in [0.1, 0.15) is 12.4 Å². The van der Waals surface area contributed by atoms with E-state index in [0.29, 0.717) is 23.2 Å². The summed E-state index contributed by atoms with van der Waals surface area (Å²) in [6, 6.07) is 24.5. The van der Waals surface area contributed by atoms with Crippen LogP contribution in [0.1, 0.15) is 23.4 Å². The largest absolute Gasteiger partial charge is 0.461 e. The summed E-state index contributed by atoms with van der Waals surface area (Å²) in [5.41, 5.74) is 3.76. The number of nitriles is 1. The van der Waals surface area contributed by atoms with E-state index in [2.05, 4.69) is 11.1 Å². The SMILES string of the molecule is Cn1c(CCC(=O)OCc2ccc(-c3ccccc3C#N)cc2)nc(=O)c2ccccc21. The quantitative estimate of drug-likeness (QED) is 0.435. The van der Waals surface area contributed by atoms with Crippen molar-refractivity contribution in [2.45, 2.75) is 19.4 Å². The number of rotatable bonds is 6. The molecule has 0 unspecified atom stereocenters. The smallest absolute Gasteiger partial charge is 0.306 e. The second-order valence-corrected chi connectivity index (χ2v) is 7.42. The minimum Gasteiger partial charge on any atom is -0.461 e. The second-order valence-electron chi connectivity index (χ2n) is 7.42. The predicted octanol–water partition coefficient (Wildman–Crippen LogP) is 4.15. The molecule has 32 heavy (non-hydrogen) atoms. The van der Waals surface area contributed by atoms with Crippen LogP contribution in [0.2, 0.25) is 0 Å². The van der Waals surface area contributed by atoms with Crippen LogP contribution in [0.4, 0.5) is 0 Å². The molecule has 6 heteroatoms. The van der Waals surface area contributed by atoms with Crippen molar-refractivity contribution in [2.24, 2.45) is 7.05 Å². The Balaban J connectivity index is 1.37. The standard InChI is InChI=1S/C26H21N3O3/c1-29-23-9-5-4-8-22(23)26(31)28-24(29)14-15-25(30)32-17-18-10-12-19(13-11-18)21-7-3-2-6-20(21)16-27/h2-13H,14-15,17H2,1H3. The summed E-state index contributed by atoms with van der Waals surface area (Å²) in [6.07, 6.45) is 0.450. The Labute approximate surface area is 185 Å². The molecule has 0 amide bonds. The summed E-state index contributed by atoms with van der Waals surface area (Å²) in [5, 5.41) is 9.82. The third kappa shape index (κ3) is 4.42. The Kier molecular flexibility index (Phi) is 6.09. The minimum absolute atomic E-state index is 0.131. The van der Waals surface area contributed by atoms with Gasteiger partial charge in [-0.15, -0.1) is 0 Å². The summed E-state index contributed by atoms with van der Waals surface area (Å²) < 4.78 is 7.23. The first-order chi connectivity index (χ1) is 15.6. The average Bonchev–Trinajstić information content (AvgIpc) is 2.84. The Morgan fingerprint density at radius 3 is 2.53 bits per heavy atom. The molecular formula is C26H21N3O3. The lowest BCUT2D eigenvalue weighted by atomic mass is 9.99. The normalized spacial score (nSPS) is 10.6. The number of hydrogen-bond donors (Lipinski definition) is 0. The van der Waals surface area contributed by atoms with E-state index in [9.17, 15) is 14.9 Å². The number of aryl methyl sites for hydroxylation is 2. The van der Waals surface area contributed by atoms with E-state index in [4.69, 9.17) is 4.74 Å². The van der Waals surface area contributed by atoms with E-state index in [1.54, 1.807) is 18.2 Å². The number of esters is 1. The van der Waals surface area contributed by atoms with Crippen LogP contribution >= 0.6 is 0 Å². The van der Waals surface area contributed by atoms with Crippen LogP contribution in [0.3, 0.4) is 0 Å². The van der Waals surface area contributed by atoms with E-state index in [1.165, 1.54) is 0 Å². The van der Waals surface area contributed by atoms with Gasteiger partial charge < -0.3 is 9.30 Å². The van der Waals surface area contributed by atoms with E-state index < -0.39 is 0 Å². The molecule has 0 N–H and O–H groups in total. The first kappa shape index (κ1) is 21.0. The van der Waals surface area contributed by atoms with E-state index >= 15 is 0 Å². The number of carbonyl (C=O) groups is 1. The van der Waals surface area contributed by atoms with Crippen molar-refractivity contribution in [1.82, 2.24) is 9.55 Å². The van der Waals surface area contributed by atoms with Gasteiger partial charge in [-0.05, 0) is 34.9 Å². The molecular weight excluding hydrogens is 402 g/mol. The highest BCUT2D eigenvalue weighted by Crippen LogP contribution is 2.23. The molecule has 3 aromatic carbocycles. The molecule has 0 aliphatic heterocycles. The summed E-state index contributed by atoms with van der Waals surface area (Å²) >= 11 is 0. The molecule has 4 rings (SSSR count). The predicted molar refractivity (Wildman–Crippen MR) is 122 cm³/mol. The zero-order valence-corrected chi connectivity index (χ0v) is 17.6. The Morgan fingerprint density at radius 1 is 1.03 bits per heavy atom. The summed E-state index contributed by atoms with van der Waals surface area (Å²) in [4.78, 5) is 28.6. The number of benzene rings is 3. The van der Waals surface area contributed by atoms with Gasteiger partial charge in [0.15, 0.2) is 0 Å². The molecule has 0 aliphatic carbocycles. The minimum atomic E-state index is -0.355. The number of nitrogens with zero attached hydrogens (tertiary/aromatic N) is 3. The maximum atomic E-state index is 12.2. The fraction of sp³-hybridized carbons (Fsp3) is 0.154.